The van der Waals surface area contributed by atoms with Crippen molar-refractivity contribution in [3.63, 3.8) is 0 Å². The lowest BCUT2D eigenvalue weighted by atomic mass is 10.0. The molecule has 0 radical (unpaired) electrons. The number of benzene rings is 2. The van der Waals surface area contributed by atoms with Crippen LogP contribution in [0.1, 0.15) is 35.2 Å². The van der Waals surface area contributed by atoms with Crippen LogP contribution in [0.2, 0.25) is 0 Å². The molecule has 5 heteroatoms. The number of fused-ring (bicyclic) bond motifs is 1. The summed E-state index contributed by atoms with van der Waals surface area (Å²) in [6.07, 6.45) is 0. The maximum atomic E-state index is 12.2. The van der Waals surface area contributed by atoms with Gasteiger partial charge in [0.25, 0.3) is 0 Å². The third-order valence-corrected chi connectivity index (χ3v) is 5.35. The molecular formula is C20H23NO3S. The summed E-state index contributed by atoms with van der Waals surface area (Å²) in [7, 11) is 0. The van der Waals surface area contributed by atoms with Gasteiger partial charge in [0, 0.05) is 5.75 Å². The molecule has 1 N–H and O–H groups in total. The van der Waals surface area contributed by atoms with Crippen LogP contribution in [0.25, 0.3) is 0 Å². The Labute approximate surface area is 152 Å². The second-order valence-corrected chi connectivity index (χ2v) is 7.30. The molecule has 1 amide bonds. The molecule has 0 saturated heterocycles. The van der Waals surface area contributed by atoms with Crippen LogP contribution < -0.4 is 14.8 Å². The lowest BCUT2D eigenvalue weighted by Crippen LogP contribution is -2.28. The number of aryl methyl sites for hydroxylation is 2. The first kappa shape index (κ1) is 17.7. The van der Waals surface area contributed by atoms with Crippen molar-refractivity contribution < 1.29 is 14.3 Å². The maximum Gasteiger partial charge on any atom is 0.231 e. The van der Waals surface area contributed by atoms with E-state index in [2.05, 4.69) is 37.4 Å². The molecule has 132 valence electrons. The minimum Gasteiger partial charge on any atom is -0.454 e. The van der Waals surface area contributed by atoms with E-state index in [1.807, 2.05) is 25.1 Å². The van der Waals surface area contributed by atoms with Crippen LogP contribution in [-0.4, -0.2) is 18.5 Å². The van der Waals surface area contributed by atoms with Crippen molar-refractivity contribution in [2.75, 3.05) is 12.5 Å². The second kappa shape index (κ2) is 7.83. The van der Waals surface area contributed by atoms with Gasteiger partial charge in [0.1, 0.15) is 0 Å². The Morgan fingerprint density at radius 3 is 2.72 bits per heavy atom. The van der Waals surface area contributed by atoms with E-state index in [0.29, 0.717) is 5.75 Å². The van der Waals surface area contributed by atoms with Crippen LogP contribution in [0, 0.1) is 13.8 Å². The molecule has 1 heterocycles. The number of hydrogen-bond donors (Lipinski definition) is 1. The van der Waals surface area contributed by atoms with Crippen molar-refractivity contribution in [2.24, 2.45) is 0 Å². The van der Waals surface area contributed by atoms with Crippen LogP contribution in [-0.2, 0) is 10.5 Å². The Kier molecular flexibility index (Phi) is 5.53. The van der Waals surface area contributed by atoms with Crippen molar-refractivity contribution in [2.45, 2.75) is 32.6 Å². The number of carbonyl (C=O) groups is 1. The molecule has 1 aliphatic rings. The van der Waals surface area contributed by atoms with Gasteiger partial charge in [-0.15, -0.1) is 11.8 Å². The lowest BCUT2D eigenvalue weighted by Gasteiger charge is -2.15. The third kappa shape index (κ3) is 4.48. The number of thioether (sulfide) groups is 1. The Bertz CT molecular complexity index is 776. The first-order valence-corrected chi connectivity index (χ1v) is 9.51. The zero-order chi connectivity index (χ0) is 17.8. The van der Waals surface area contributed by atoms with Crippen LogP contribution in [0.4, 0.5) is 0 Å². The molecule has 25 heavy (non-hydrogen) atoms. The first-order valence-electron chi connectivity index (χ1n) is 8.35. The van der Waals surface area contributed by atoms with Gasteiger partial charge in [-0.1, -0.05) is 24.3 Å². The van der Waals surface area contributed by atoms with Gasteiger partial charge in [-0.2, -0.15) is 0 Å². The summed E-state index contributed by atoms with van der Waals surface area (Å²) in [5.74, 6) is 2.82. The molecule has 0 fully saturated rings. The number of nitrogens with one attached hydrogen (secondary N) is 1. The van der Waals surface area contributed by atoms with Gasteiger partial charge in [0.15, 0.2) is 11.5 Å². The van der Waals surface area contributed by atoms with E-state index in [-0.39, 0.29) is 18.7 Å². The molecule has 0 aromatic heterocycles. The van der Waals surface area contributed by atoms with E-state index < -0.39 is 0 Å². The molecule has 0 unspecified atom stereocenters. The molecule has 1 atom stereocenters. The van der Waals surface area contributed by atoms with Crippen molar-refractivity contribution in [3.8, 4) is 11.5 Å². The molecular weight excluding hydrogens is 334 g/mol. The van der Waals surface area contributed by atoms with Gasteiger partial charge in [-0.05, 0) is 55.2 Å². The molecule has 0 aliphatic carbocycles. The third-order valence-electron chi connectivity index (χ3n) is 4.35. The predicted molar refractivity (Wildman–Crippen MR) is 101 cm³/mol. The standard InChI is InChI=1S/C20H23NO3S/c1-13-4-6-17(8-14(13)2)15(3)21-20(22)11-25-10-16-5-7-18-19(9-16)24-12-23-18/h4-9,15H,10-12H2,1-3H3,(H,21,22)/t15-/m1/s1. The fourth-order valence-electron chi connectivity index (χ4n) is 2.69. The fourth-order valence-corrected chi connectivity index (χ4v) is 3.48. The largest absolute Gasteiger partial charge is 0.454 e. The summed E-state index contributed by atoms with van der Waals surface area (Å²) in [4.78, 5) is 12.2. The van der Waals surface area contributed by atoms with Gasteiger partial charge in [-0.3, -0.25) is 4.79 Å². The predicted octanol–water partition coefficient (Wildman–Crippen LogP) is 4.14. The molecule has 2 aromatic carbocycles. The molecule has 2 aromatic rings. The Morgan fingerprint density at radius 2 is 1.92 bits per heavy atom. The normalized spacial score (nSPS) is 13.6. The maximum absolute atomic E-state index is 12.2. The van der Waals surface area contributed by atoms with E-state index in [1.54, 1.807) is 11.8 Å². The van der Waals surface area contributed by atoms with E-state index in [0.717, 1.165) is 28.4 Å². The summed E-state index contributed by atoms with van der Waals surface area (Å²) in [6.45, 7) is 6.49. The van der Waals surface area contributed by atoms with Gasteiger partial charge in [0.2, 0.25) is 12.7 Å². The minimum absolute atomic E-state index is 0.0120. The molecule has 3 rings (SSSR count). The average molecular weight is 357 g/mol. The topological polar surface area (TPSA) is 47.6 Å². The number of rotatable bonds is 6. The summed E-state index contributed by atoms with van der Waals surface area (Å²) >= 11 is 1.59. The van der Waals surface area contributed by atoms with E-state index in [4.69, 9.17) is 9.47 Å². The Balaban J connectivity index is 1.47. The summed E-state index contributed by atoms with van der Waals surface area (Å²) in [5, 5.41) is 3.07. The molecule has 4 nitrogen and oxygen atoms in total. The second-order valence-electron chi connectivity index (χ2n) is 6.31. The molecule has 0 saturated carbocycles. The molecule has 0 bridgehead atoms. The highest BCUT2D eigenvalue weighted by Crippen LogP contribution is 2.33. The SMILES string of the molecule is Cc1ccc([C@@H](C)NC(=O)CSCc2ccc3c(c2)OCO3)cc1C. The number of hydrogen-bond acceptors (Lipinski definition) is 4. The highest BCUT2D eigenvalue weighted by atomic mass is 32.2. The van der Waals surface area contributed by atoms with Crippen LogP contribution >= 0.6 is 11.8 Å². The van der Waals surface area contributed by atoms with Gasteiger partial charge in [-0.25, -0.2) is 0 Å². The zero-order valence-corrected chi connectivity index (χ0v) is 15.6. The molecule has 0 spiro atoms. The summed E-state index contributed by atoms with van der Waals surface area (Å²) < 4.78 is 10.7. The van der Waals surface area contributed by atoms with Crippen LogP contribution in [0.3, 0.4) is 0 Å². The van der Waals surface area contributed by atoms with Gasteiger partial charge in [0.05, 0.1) is 11.8 Å². The van der Waals surface area contributed by atoms with Crippen molar-refractivity contribution in [1.29, 1.82) is 0 Å². The zero-order valence-electron chi connectivity index (χ0n) is 14.8. The monoisotopic (exact) mass is 357 g/mol. The minimum atomic E-state index is 0.0120. The quantitative estimate of drug-likeness (QED) is 0.844. The van der Waals surface area contributed by atoms with Crippen molar-refractivity contribution in [3.05, 3.63) is 58.7 Å². The Morgan fingerprint density at radius 1 is 1.12 bits per heavy atom. The summed E-state index contributed by atoms with van der Waals surface area (Å²) in [6, 6.07) is 12.2. The number of amides is 1. The van der Waals surface area contributed by atoms with Gasteiger partial charge < -0.3 is 14.8 Å². The van der Waals surface area contributed by atoms with E-state index in [1.165, 1.54) is 11.1 Å². The highest BCUT2D eigenvalue weighted by molar-refractivity contribution is 7.99. The highest BCUT2D eigenvalue weighted by Gasteiger charge is 2.14. The smallest absolute Gasteiger partial charge is 0.231 e. The molecule has 1 aliphatic heterocycles. The number of carbonyl (C=O) groups excluding carboxylic acids is 1. The fraction of sp³-hybridized carbons (Fsp3) is 0.350. The Hall–Kier alpha value is -2.14. The van der Waals surface area contributed by atoms with Gasteiger partial charge >= 0.3 is 0 Å². The number of ether oxygens (including phenoxy) is 2. The van der Waals surface area contributed by atoms with Crippen LogP contribution in [0.5, 0.6) is 11.5 Å². The van der Waals surface area contributed by atoms with Crippen molar-refractivity contribution >= 4 is 17.7 Å². The first-order chi connectivity index (χ1) is 12.0. The average Bonchev–Trinajstić information content (AvgIpc) is 3.05. The van der Waals surface area contributed by atoms with Crippen LogP contribution in [0.15, 0.2) is 36.4 Å². The van der Waals surface area contributed by atoms with E-state index >= 15 is 0 Å². The summed E-state index contributed by atoms with van der Waals surface area (Å²) in [5.41, 5.74) is 4.78. The van der Waals surface area contributed by atoms with Crippen molar-refractivity contribution in [1.82, 2.24) is 5.32 Å². The van der Waals surface area contributed by atoms with E-state index in [9.17, 15) is 4.79 Å². The lowest BCUT2D eigenvalue weighted by molar-refractivity contribution is -0.119.